The highest BCUT2D eigenvalue weighted by Gasteiger charge is 2.05. The highest BCUT2D eigenvalue weighted by Crippen LogP contribution is 2.18. The fraction of sp³-hybridized carbons (Fsp3) is 0.938. The second-order valence-electron chi connectivity index (χ2n) is 5.98. The molecule has 0 radical (unpaired) electrons. The number of rotatable bonds is 12. The van der Waals surface area contributed by atoms with Gasteiger partial charge in [0.25, 0.3) is 0 Å². The lowest BCUT2D eigenvalue weighted by Crippen LogP contribution is -2.03. The molecule has 0 saturated heterocycles. The first kappa shape index (κ1) is 17.5. The topological polar surface area (TPSA) is 37.3 Å². The van der Waals surface area contributed by atoms with Gasteiger partial charge in [-0.15, -0.1) is 0 Å². The maximum atomic E-state index is 10.3. The first-order valence-corrected chi connectivity index (χ1v) is 7.75. The summed E-state index contributed by atoms with van der Waals surface area (Å²) < 4.78 is 0. The molecule has 0 fully saturated rings. The molecule has 2 nitrogen and oxygen atoms in total. The van der Waals surface area contributed by atoms with Gasteiger partial charge in [0.05, 0.1) is 0 Å². The second-order valence-corrected chi connectivity index (χ2v) is 5.98. The van der Waals surface area contributed by atoms with Crippen molar-refractivity contribution in [2.75, 3.05) is 0 Å². The van der Waals surface area contributed by atoms with Crippen LogP contribution in [-0.4, -0.2) is 11.1 Å². The van der Waals surface area contributed by atoms with E-state index >= 15 is 0 Å². The Morgan fingerprint density at radius 2 is 1.28 bits per heavy atom. The van der Waals surface area contributed by atoms with Crippen LogP contribution in [0.2, 0.25) is 0 Å². The average Bonchev–Trinajstić information content (AvgIpc) is 2.30. The second kappa shape index (κ2) is 11.6. The molecule has 1 atom stereocenters. The molecule has 0 aliphatic carbocycles. The molecule has 0 aliphatic rings. The first-order chi connectivity index (χ1) is 8.54. The Hall–Kier alpha value is -0.530. The van der Waals surface area contributed by atoms with Gasteiger partial charge in [0.2, 0.25) is 0 Å². The summed E-state index contributed by atoms with van der Waals surface area (Å²) in [6.07, 6.45) is 11.5. The largest absolute Gasteiger partial charge is 0.481 e. The van der Waals surface area contributed by atoms with Gasteiger partial charge in [-0.3, -0.25) is 4.79 Å². The van der Waals surface area contributed by atoms with Crippen molar-refractivity contribution in [3.8, 4) is 0 Å². The number of aliphatic carboxylic acids is 1. The lowest BCUT2D eigenvalue weighted by molar-refractivity contribution is -0.137. The van der Waals surface area contributed by atoms with Gasteiger partial charge in [-0.2, -0.15) is 0 Å². The number of carboxylic acid groups (broad SMARTS) is 1. The predicted octanol–water partition coefficient (Wildman–Crippen LogP) is 5.26. The van der Waals surface area contributed by atoms with Gasteiger partial charge in [-0.05, 0) is 18.3 Å². The van der Waals surface area contributed by atoms with Gasteiger partial charge in [-0.25, -0.2) is 0 Å². The van der Waals surface area contributed by atoms with Crippen molar-refractivity contribution in [2.45, 2.75) is 85.0 Å². The molecule has 0 heterocycles. The van der Waals surface area contributed by atoms with Crippen LogP contribution in [0.1, 0.15) is 85.0 Å². The van der Waals surface area contributed by atoms with Gasteiger partial charge in [0, 0.05) is 6.42 Å². The number of hydrogen-bond donors (Lipinski definition) is 1. The standard InChI is InChI=1S/C16H32O2/c1-14(2)15(3)12-10-8-6-4-5-7-9-11-13-16(17)18/h14-15H,4-13H2,1-3H3,(H,17,18). The zero-order chi connectivity index (χ0) is 13.8. The van der Waals surface area contributed by atoms with E-state index < -0.39 is 5.97 Å². The number of carboxylic acids is 1. The van der Waals surface area contributed by atoms with E-state index in [1.807, 2.05) is 0 Å². The van der Waals surface area contributed by atoms with Crippen molar-refractivity contribution >= 4 is 5.97 Å². The van der Waals surface area contributed by atoms with E-state index in [1.165, 1.54) is 44.9 Å². The molecule has 1 N–H and O–H groups in total. The van der Waals surface area contributed by atoms with E-state index in [4.69, 9.17) is 5.11 Å². The van der Waals surface area contributed by atoms with Crippen molar-refractivity contribution < 1.29 is 9.90 Å². The molecular weight excluding hydrogens is 224 g/mol. The molecule has 18 heavy (non-hydrogen) atoms. The number of carbonyl (C=O) groups is 1. The van der Waals surface area contributed by atoms with E-state index in [1.54, 1.807) is 0 Å². The Morgan fingerprint density at radius 3 is 1.72 bits per heavy atom. The Labute approximate surface area is 113 Å². The van der Waals surface area contributed by atoms with Crippen molar-refractivity contribution in [3.63, 3.8) is 0 Å². The molecule has 0 bridgehead atoms. The van der Waals surface area contributed by atoms with Crippen LogP contribution in [0.25, 0.3) is 0 Å². The van der Waals surface area contributed by atoms with Gasteiger partial charge < -0.3 is 5.11 Å². The Bertz CT molecular complexity index is 199. The minimum atomic E-state index is -0.658. The molecule has 108 valence electrons. The van der Waals surface area contributed by atoms with Gasteiger partial charge in [0.15, 0.2) is 0 Å². The van der Waals surface area contributed by atoms with E-state index in [2.05, 4.69) is 20.8 Å². The van der Waals surface area contributed by atoms with Crippen LogP contribution < -0.4 is 0 Å². The van der Waals surface area contributed by atoms with Crippen LogP contribution >= 0.6 is 0 Å². The van der Waals surface area contributed by atoms with E-state index in [0.29, 0.717) is 6.42 Å². The van der Waals surface area contributed by atoms with Crippen LogP contribution in [0.15, 0.2) is 0 Å². The molecule has 0 saturated carbocycles. The summed E-state index contributed by atoms with van der Waals surface area (Å²) in [7, 11) is 0. The molecule has 0 amide bonds. The lowest BCUT2D eigenvalue weighted by atomic mass is 9.92. The Balaban J connectivity index is 3.10. The number of hydrogen-bond acceptors (Lipinski definition) is 1. The zero-order valence-electron chi connectivity index (χ0n) is 12.6. The Kier molecular flexibility index (Phi) is 11.2. The fourth-order valence-electron chi connectivity index (χ4n) is 2.14. The van der Waals surface area contributed by atoms with E-state index in [9.17, 15) is 4.79 Å². The fourth-order valence-corrected chi connectivity index (χ4v) is 2.14. The molecule has 0 rings (SSSR count). The summed E-state index contributed by atoms with van der Waals surface area (Å²) in [4.78, 5) is 10.3. The van der Waals surface area contributed by atoms with E-state index in [0.717, 1.165) is 24.7 Å². The van der Waals surface area contributed by atoms with Gasteiger partial charge in [-0.1, -0.05) is 72.1 Å². The van der Waals surface area contributed by atoms with Crippen LogP contribution in [0, 0.1) is 11.8 Å². The van der Waals surface area contributed by atoms with Gasteiger partial charge >= 0.3 is 5.97 Å². The predicted molar refractivity (Wildman–Crippen MR) is 77.8 cm³/mol. The summed E-state index contributed by atoms with van der Waals surface area (Å²) in [6.45, 7) is 6.97. The maximum Gasteiger partial charge on any atom is 0.303 e. The molecule has 0 aromatic carbocycles. The monoisotopic (exact) mass is 256 g/mol. The van der Waals surface area contributed by atoms with Crippen LogP contribution in [0.3, 0.4) is 0 Å². The summed E-state index contributed by atoms with van der Waals surface area (Å²) >= 11 is 0. The normalized spacial score (nSPS) is 12.9. The molecule has 0 aromatic heterocycles. The minimum Gasteiger partial charge on any atom is -0.481 e. The van der Waals surface area contributed by atoms with Crippen molar-refractivity contribution in [2.24, 2.45) is 11.8 Å². The van der Waals surface area contributed by atoms with Crippen LogP contribution in [0.4, 0.5) is 0 Å². The molecular formula is C16H32O2. The molecule has 2 heteroatoms. The van der Waals surface area contributed by atoms with Crippen LogP contribution in [-0.2, 0) is 4.79 Å². The minimum absolute atomic E-state index is 0.340. The summed E-state index contributed by atoms with van der Waals surface area (Å²) in [5.41, 5.74) is 0. The average molecular weight is 256 g/mol. The quantitative estimate of drug-likeness (QED) is 0.483. The molecule has 0 spiro atoms. The van der Waals surface area contributed by atoms with Crippen molar-refractivity contribution in [1.82, 2.24) is 0 Å². The molecule has 0 aliphatic heterocycles. The number of unbranched alkanes of at least 4 members (excludes halogenated alkanes) is 7. The third kappa shape index (κ3) is 11.9. The summed E-state index contributed by atoms with van der Waals surface area (Å²) in [6, 6.07) is 0. The first-order valence-electron chi connectivity index (χ1n) is 7.75. The zero-order valence-corrected chi connectivity index (χ0v) is 12.6. The van der Waals surface area contributed by atoms with E-state index in [-0.39, 0.29) is 0 Å². The van der Waals surface area contributed by atoms with Crippen molar-refractivity contribution in [3.05, 3.63) is 0 Å². The highest BCUT2D eigenvalue weighted by molar-refractivity contribution is 5.66. The third-order valence-corrected chi connectivity index (χ3v) is 3.94. The third-order valence-electron chi connectivity index (χ3n) is 3.94. The SMILES string of the molecule is CC(C)C(C)CCCCCCCCCCC(=O)O. The van der Waals surface area contributed by atoms with Crippen molar-refractivity contribution in [1.29, 1.82) is 0 Å². The molecule has 0 aromatic rings. The summed E-state index contributed by atoms with van der Waals surface area (Å²) in [5, 5.41) is 8.50. The Morgan fingerprint density at radius 1 is 0.833 bits per heavy atom. The molecule has 1 unspecified atom stereocenters. The van der Waals surface area contributed by atoms with Gasteiger partial charge in [0.1, 0.15) is 0 Å². The lowest BCUT2D eigenvalue weighted by Gasteiger charge is -2.14. The maximum absolute atomic E-state index is 10.3. The smallest absolute Gasteiger partial charge is 0.303 e. The van der Waals surface area contributed by atoms with Crippen LogP contribution in [0.5, 0.6) is 0 Å². The highest BCUT2D eigenvalue weighted by atomic mass is 16.4. The summed E-state index contributed by atoms with van der Waals surface area (Å²) in [5.74, 6) is 1.02.